The molecule has 2 nitrogen and oxygen atoms in total. The molecule has 1 heterocycles. The van der Waals surface area contributed by atoms with Crippen LogP contribution in [0.4, 0.5) is 0 Å². The summed E-state index contributed by atoms with van der Waals surface area (Å²) in [7, 11) is 2.04. The third kappa shape index (κ3) is 7.70. The summed E-state index contributed by atoms with van der Waals surface area (Å²) in [5.41, 5.74) is 0. The minimum Gasteiger partial charge on any atom is -1.00 e. The summed E-state index contributed by atoms with van der Waals surface area (Å²) < 4.78 is 4.28. The Morgan fingerprint density at radius 2 is 2.00 bits per heavy atom. The van der Waals surface area contributed by atoms with Crippen LogP contribution >= 0.6 is 28.3 Å². The molecule has 1 rings (SSSR count). The van der Waals surface area contributed by atoms with Gasteiger partial charge in [-0.1, -0.05) is 13.3 Å². The Hall–Kier alpha value is 0.650. The maximum Gasteiger partial charge on any atom is 0.243 e. The van der Waals surface area contributed by atoms with E-state index in [0.717, 1.165) is 6.54 Å². The fourth-order valence-electron chi connectivity index (χ4n) is 0.975. The minimum absolute atomic E-state index is 0. The molecule has 13 heavy (non-hydrogen) atoms. The molecule has 5 heteroatoms. The van der Waals surface area contributed by atoms with Gasteiger partial charge in [-0.3, -0.25) is 0 Å². The van der Waals surface area contributed by atoms with E-state index in [9.17, 15) is 0 Å². The summed E-state index contributed by atoms with van der Waals surface area (Å²) >= 11 is 5.50. The van der Waals surface area contributed by atoms with Crippen molar-refractivity contribution in [1.29, 1.82) is 0 Å². The van der Waals surface area contributed by atoms with Crippen LogP contribution in [-0.2, 0) is 13.6 Å². The molecule has 0 radical (unpaired) electrons. The smallest absolute Gasteiger partial charge is 0.243 e. The molecule has 78 valence electrons. The summed E-state index contributed by atoms with van der Waals surface area (Å²) in [6.45, 7) is 3.36. The molecule has 1 aromatic heterocycles. The molecule has 0 aliphatic rings. The highest BCUT2D eigenvalue weighted by Gasteiger charge is 1.96. The number of hydrogen-bond acceptors (Lipinski definition) is 0. The predicted octanol–water partition coefficient (Wildman–Crippen LogP) is -0.192. The van der Waals surface area contributed by atoms with Gasteiger partial charge in [0.1, 0.15) is 12.4 Å². The molecule has 1 aromatic rings. The van der Waals surface area contributed by atoms with Crippen LogP contribution < -0.4 is 21.5 Å². The number of hydrogen-bond donors (Lipinski definition) is 0. The Bertz CT molecular complexity index is 201. The van der Waals surface area contributed by atoms with Crippen molar-refractivity contribution in [2.45, 2.75) is 26.3 Å². The Morgan fingerprint density at radius 3 is 2.38 bits per heavy atom. The number of unbranched alkanes of at least 4 members (excludes halogenated alkanes) is 1. The van der Waals surface area contributed by atoms with Crippen molar-refractivity contribution in [2.75, 3.05) is 0 Å². The van der Waals surface area contributed by atoms with Gasteiger partial charge in [-0.15, -0.1) is 0 Å². The van der Waals surface area contributed by atoms with E-state index in [0.29, 0.717) is 0 Å². The van der Waals surface area contributed by atoms with Crippen LogP contribution in [-0.4, -0.2) is 4.57 Å². The monoisotopic (exact) mass is 376 g/mol. The summed E-state index contributed by atoms with van der Waals surface area (Å²) in [6, 6.07) is 0. The van der Waals surface area contributed by atoms with Crippen LogP contribution in [0.1, 0.15) is 19.8 Å². The molecule has 0 N–H and O–H groups in total. The maximum atomic E-state index is 2.75. The van der Waals surface area contributed by atoms with Crippen molar-refractivity contribution in [3.05, 3.63) is 18.7 Å². The second kappa shape index (κ2) is 10.7. The average molecular weight is 379 g/mol. The SMILES string of the molecule is BrBr.CCCCn1cc[n+](C)c1.[Br-]. The molecule has 0 atom stereocenters. The van der Waals surface area contributed by atoms with E-state index < -0.39 is 0 Å². The first-order valence-corrected chi connectivity index (χ1v) is 7.69. The zero-order valence-electron chi connectivity index (χ0n) is 7.88. The largest absolute Gasteiger partial charge is 1.00 e. The van der Waals surface area contributed by atoms with Crippen LogP contribution in [0.5, 0.6) is 0 Å². The van der Waals surface area contributed by atoms with E-state index in [1.54, 1.807) is 0 Å². The van der Waals surface area contributed by atoms with E-state index in [1.807, 2.05) is 7.05 Å². The van der Waals surface area contributed by atoms with E-state index in [2.05, 4.69) is 63.0 Å². The fraction of sp³-hybridized carbons (Fsp3) is 0.625. The number of imidazole rings is 1. The molecule has 0 aliphatic carbocycles. The topological polar surface area (TPSA) is 8.81 Å². The van der Waals surface area contributed by atoms with E-state index in [-0.39, 0.29) is 17.0 Å². The van der Waals surface area contributed by atoms with Crippen molar-refractivity contribution >= 4 is 28.3 Å². The summed E-state index contributed by atoms with van der Waals surface area (Å²) in [4.78, 5) is 0. The Labute approximate surface area is 106 Å². The molecular weight excluding hydrogens is 364 g/mol. The molecule has 0 fully saturated rings. The number of aryl methyl sites for hydroxylation is 2. The third-order valence-electron chi connectivity index (χ3n) is 1.59. The van der Waals surface area contributed by atoms with Gasteiger partial charge in [0.15, 0.2) is 0 Å². The van der Waals surface area contributed by atoms with Gasteiger partial charge in [-0.05, 0) is 6.42 Å². The van der Waals surface area contributed by atoms with Gasteiger partial charge in [0.25, 0.3) is 0 Å². The summed E-state index contributed by atoms with van der Waals surface area (Å²) in [5.74, 6) is 0. The van der Waals surface area contributed by atoms with Gasteiger partial charge in [-0.2, -0.15) is 0 Å². The first kappa shape index (κ1) is 16.1. The van der Waals surface area contributed by atoms with Crippen LogP contribution in [0.2, 0.25) is 0 Å². The number of rotatable bonds is 3. The quantitative estimate of drug-likeness (QED) is 0.645. The lowest BCUT2D eigenvalue weighted by Gasteiger charge is -1.90. The summed E-state index contributed by atoms with van der Waals surface area (Å²) in [5, 5.41) is 0. The van der Waals surface area contributed by atoms with Gasteiger partial charge in [0, 0.05) is 28.3 Å². The maximum absolute atomic E-state index is 2.75. The average Bonchev–Trinajstić information content (AvgIpc) is 2.51. The zero-order valence-corrected chi connectivity index (χ0v) is 12.6. The number of halogens is 3. The molecule has 0 aromatic carbocycles. The van der Waals surface area contributed by atoms with E-state index >= 15 is 0 Å². The molecule has 0 bridgehead atoms. The lowest BCUT2D eigenvalue weighted by molar-refractivity contribution is -0.671. The van der Waals surface area contributed by atoms with E-state index in [1.165, 1.54) is 12.8 Å². The van der Waals surface area contributed by atoms with Crippen molar-refractivity contribution < 1.29 is 21.5 Å². The van der Waals surface area contributed by atoms with E-state index in [4.69, 9.17) is 0 Å². The number of aromatic nitrogens is 2. The first-order valence-electron chi connectivity index (χ1n) is 3.98. The molecule has 0 unspecified atom stereocenters. The molecule has 0 aliphatic heterocycles. The van der Waals surface area contributed by atoms with Crippen LogP contribution in [0.15, 0.2) is 18.7 Å². The summed E-state index contributed by atoms with van der Waals surface area (Å²) in [6.07, 6.45) is 8.82. The molecule has 0 spiro atoms. The van der Waals surface area contributed by atoms with Gasteiger partial charge in [0.05, 0.1) is 13.6 Å². The Kier molecular flexibility index (Phi) is 13.3. The van der Waals surface area contributed by atoms with Crippen molar-refractivity contribution in [3.8, 4) is 0 Å². The Balaban J connectivity index is 0. The highest BCUT2D eigenvalue weighted by Crippen LogP contribution is 1.91. The first-order chi connectivity index (χ1) is 5.83. The molecule has 0 saturated carbocycles. The Morgan fingerprint density at radius 1 is 1.38 bits per heavy atom. The highest BCUT2D eigenvalue weighted by molar-refractivity contribution is 9.93. The van der Waals surface area contributed by atoms with Crippen molar-refractivity contribution in [2.24, 2.45) is 7.05 Å². The van der Waals surface area contributed by atoms with Crippen molar-refractivity contribution in [1.82, 2.24) is 4.57 Å². The second-order valence-electron chi connectivity index (χ2n) is 2.67. The lowest BCUT2D eigenvalue weighted by Crippen LogP contribution is -3.00. The lowest BCUT2D eigenvalue weighted by atomic mass is 10.3. The highest BCUT2D eigenvalue weighted by atomic mass is 80.9. The predicted molar refractivity (Wildman–Crippen MR) is 58.4 cm³/mol. The van der Waals surface area contributed by atoms with Crippen LogP contribution in [0, 0.1) is 0 Å². The van der Waals surface area contributed by atoms with Crippen LogP contribution in [0.25, 0.3) is 0 Å². The molecular formula is C8H15Br3N2. The van der Waals surface area contributed by atoms with Gasteiger partial charge < -0.3 is 17.0 Å². The zero-order chi connectivity index (χ0) is 9.40. The van der Waals surface area contributed by atoms with Crippen molar-refractivity contribution in [3.63, 3.8) is 0 Å². The number of nitrogens with zero attached hydrogens (tertiary/aromatic N) is 2. The normalized spacial score (nSPS) is 8.31. The molecule has 0 saturated heterocycles. The standard InChI is InChI=1S/C8H15N2.Br2.BrH/c1-3-4-5-10-7-6-9(2)8-10;1-2;/h6-8H,3-5H2,1-2H3;;1H/q+1;;/p-1. The van der Waals surface area contributed by atoms with Gasteiger partial charge in [-0.25, -0.2) is 9.13 Å². The second-order valence-corrected chi connectivity index (χ2v) is 2.67. The van der Waals surface area contributed by atoms with Crippen LogP contribution in [0.3, 0.4) is 0 Å². The molecule has 0 amide bonds. The third-order valence-corrected chi connectivity index (χ3v) is 1.59. The van der Waals surface area contributed by atoms with Gasteiger partial charge in [0.2, 0.25) is 6.33 Å². The van der Waals surface area contributed by atoms with Gasteiger partial charge >= 0.3 is 0 Å². The minimum atomic E-state index is 0. The fourth-order valence-corrected chi connectivity index (χ4v) is 0.975.